The first-order valence-electron chi connectivity index (χ1n) is 5.34. The molecular formula is C12H10F3NO2S. The summed E-state index contributed by atoms with van der Waals surface area (Å²) >= 11 is 0. The van der Waals surface area contributed by atoms with Gasteiger partial charge in [-0.3, -0.25) is 14.0 Å². The lowest BCUT2D eigenvalue weighted by molar-refractivity contribution is -0.137. The van der Waals surface area contributed by atoms with Crippen LogP contribution in [0, 0.1) is 0 Å². The summed E-state index contributed by atoms with van der Waals surface area (Å²) in [6.07, 6.45) is -3.11. The van der Waals surface area contributed by atoms with Crippen molar-refractivity contribution in [3.63, 3.8) is 0 Å². The Morgan fingerprint density at radius 3 is 2.47 bits per heavy atom. The standard InChI is InChI=1S/C12H10F3NO2S/c1-6-11(19(2)18)10(17)8-4-3-7(12(13,14)15)5-9(8)16-6/h3-5,11H,1-2H3. The van der Waals surface area contributed by atoms with Gasteiger partial charge in [0, 0.05) is 28.3 Å². The van der Waals surface area contributed by atoms with Gasteiger partial charge in [0.2, 0.25) is 0 Å². The molecule has 102 valence electrons. The molecule has 0 radical (unpaired) electrons. The summed E-state index contributed by atoms with van der Waals surface area (Å²) in [6.45, 7) is 1.49. The predicted molar refractivity (Wildman–Crippen MR) is 66.4 cm³/mol. The zero-order valence-corrected chi connectivity index (χ0v) is 10.9. The van der Waals surface area contributed by atoms with Gasteiger partial charge in [-0.05, 0) is 25.1 Å². The average Bonchev–Trinajstić information content (AvgIpc) is 2.26. The molecule has 0 saturated carbocycles. The van der Waals surface area contributed by atoms with Gasteiger partial charge in [-0.1, -0.05) is 0 Å². The minimum Gasteiger partial charge on any atom is -0.292 e. The lowest BCUT2D eigenvalue weighted by Crippen LogP contribution is -2.35. The number of alkyl halides is 3. The molecule has 0 fully saturated rings. The first-order valence-corrected chi connectivity index (χ1v) is 6.97. The largest absolute Gasteiger partial charge is 0.416 e. The second-order valence-electron chi connectivity index (χ2n) is 4.23. The minimum absolute atomic E-state index is 0.0148. The van der Waals surface area contributed by atoms with E-state index in [9.17, 15) is 22.2 Å². The Labute approximate surface area is 110 Å². The first-order chi connectivity index (χ1) is 8.71. The summed E-state index contributed by atoms with van der Waals surface area (Å²) < 4.78 is 49.2. The molecule has 0 aliphatic carbocycles. The number of Topliss-reactive ketones (excluding diaryl/α,β-unsaturated/α-hetero) is 1. The summed E-state index contributed by atoms with van der Waals surface area (Å²) in [5.41, 5.74) is -0.512. The molecule has 0 amide bonds. The Balaban J connectivity index is 2.57. The van der Waals surface area contributed by atoms with Crippen molar-refractivity contribution in [2.45, 2.75) is 18.3 Å². The zero-order valence-electron chi connectivity index (χ0n) is 10.1. The van der Waals surface area contributed by atoms with Crippen LogP contribution in [0.5, 0.6) is 0 Å². The molecule has 1 aliphatic heterocycles. The molecule has 1 aromatic rings. The number of ketones is 1. The Bertz CT molecular complexity index is 607. The Kier molecular flexibility index (Phi) is 3.34. The molecule has 19 heavy (non-hydrogen) atoms. The smallest absolute Gasteiger partial charge is 0.292 e. The third-order valence-corrected chi connectivity index (χ3v) is 4.06. The summed E-state index contributed by atoms with van der Waals surface area (Å²) in [4.78, 5) is 16.1. The van der Waals surface area contributed by atoms with E-state index in [-0.39, 0.29) is 17.0 Å². The molecule has 1 aliphatic rings. The average molecular weight is 289 g/mol. The van der Waals surface area contributed by atoms with E-state index in [0.29, 0.717) is 0 Å². The number of carbonyl (C=O) groups is 1. The van der Waals surface area contributed by atoms with Crippen LogP contribution in [0.1, 0.15) is 22.8 Å². The number of nitrogens with zero attached hydrogens (tertiary/aromatic N) is 1. The lowest BCUT2D eigenvalue weighted by Gasteiger charge is -2.20. The van der Waals surface area contributed by atoms with Gasteiger partial charge in [0.1, 0.15) is 5.25 Å². The Morgan fingerprint density at radius 1 is 1.32 bits per heavy atom. The van der Waals surface area contributed by atoms with Crippen LogP contribution in [0.25, 0.3) is 0 Å². The number of aliphatic imine (C=N–C) groups is 1. The van der Waals surface area contributed by atoms with Gasteiger partial charge in [0.15, 0.2) is 5.78 Å². The van der Waals surface area contributed by atoms with E-state index in [1.807, 2.05) is 0 Å². The minimum atomic E-state index is -4.48. The molecule has 0 aromatic heterocycles. The molecule has 0 N–H and O–H groups in total. The van der Waals surface area contributed by atoms with Gasteiger partial charge in [0.25, 0.3) is 0 Å². The molecule has 0 spiro atoms. The van der Waals surface area contributed by atoms with Crippen molar-refractivity contribution in [1.29, 1.82) is 0 Å². The molecule has 0 bridgehead atoms. The van der Waals surface area contributed by atoms with Crippen molar-refractivity contribution in [2.24, 2.45) is 4.99 Å². The maximum Gasteiger partial charge on any atom is 0.416 e. The van der Waals surface area contributed by atoms with E-state index in [1.165, 1.54) is 13.2 Å². The fourth-order valence-corrected chi connectivity index (χ4v) is 2.94. The highest BCUT2D eigenvalue weighted by atomic mass is 32.2. The highest BCUT2D eigenvalue weighted by molar-refractivity contribution is 7.86. The van der Waals surface area contributed by atoms with E-state index < -0.39 is 33.6 Å². The molecule has 7 heteroatoms. The molecule has 0 saturated heterocycles. The second kappa shape index (κ2) is 4.56. The van der Waals surface area contributed by atoms with Crippen molar-refractivity contribution in [3.05, 3.63) is 29.3 Å². The molecule has 1 aromatic carbocycles. The van der Waals surface area contributed by atoms with Crippen LogP contribution in [0.2, 0.25) is 0 Å². The van der Waals surface area contributed by atoms with Crippen LogP contribution >= 0.6 is 0 Å². The van der Waals surface area contributed by atoms with E-state index >= 15 is 0 Å². The summed E-state index contributed by atoms with van der Waals surface area (Å²) in [5, 5.41) is -0.871. The molecule has 2 unspecified atom stereocenters. The van der Waals surface area contributed by atoms with E-state index in [2.05, 4.69) is 4.99 Å². The highest BCUT2D eigenvalue weighted by Gasteiger charge is 2.35. The fraction of sp³-hybridized carbons (Fsp3) is 0.333. The summed E-state index contributed by atoms with van der Waals surface area (Å²) in [6, 6.07) is 2.77. The second-order valence-corrected chi connectivity index (χ2v) is 5.69. The lowest BCUT2D eigenvalue weighted by atomic mass is 9.98. The van der Waals surface area contributed by atoms with E-state index in [0.717, 1.165) is 18.2 Å². The van der Waals surface area contributed by atoms with Crippen LogP contribution < -0.4 is 0 Å². The maximum absolute atomic E-state index is 12.6. The van der Waals surface area contributed by atoms with Gasteiger partial charge in [-0.2, -0.15) is 13.2 Å². The van der Waals surface area contributed by atoms with Crippen LogP contribution in [-0.2, 0) is 17.0 Å². The highest BCUT2D eigenvalue weighted by Crippen LogP contribution is 2.35. The number of fused-ring (bicyclic) bond motifs is 1. The predicted octanol–water partition coefficient (Wildman–Crippen LogP) is 2.74. The van der Waals surface area contributed by atoms with Gasteiger partial charge in [-0.15, -0.1) is 0 Å². The number of halogens is 3. The van der Waals surface area contributed by atoms with Crippen LogP contribution in [0.3, 0.4) is 0 Å². The van der Waals surface area contributed by atoms with Crippen molar-refractivity contribution < 1.29 is 22.2 Å². The number of hydrogen-bond donors (Lipinski definition) is 0. The SMILES string of the molecule is CC1=Nc2cc(C(F)(F)F)ccc2C(=O)C1S(C)=O. The number of hydrogen-bond acceptors (Lipinski definition) is 3. The van der Waals surface area contributed by atoms with Crippen molar-refractivity contribution in [1.82, 2.24) is 0 Å². The van der Waals surface area contributed by atoms with Crippen LogP contribution in [0.15, 0.2) is 23.2 Å². The normalized spacial score (nSPS) is 20.8. The molecule has 2 rings (SSSR count). The van der Waals surface area contributed by atoms with Crippen molar-refractivity contribution in [2.75, 3.05) is 6.26 Å². The monoisotopic (exact) mass is 289 g/mol. The Hall–Kier alpha value is -1.50. The number of carbonyl (C=O) groups excluding carboxylic acids is 1. The number of benzene rings is 1. The third-order valence-electron chi connectivity index (χ3n) is 2.84. The molecule has 1 heterocycles. The van der Waals surface area contributed by atoms with Crippen LogP contribution in [-0.4, -0.2) is 27.2 Å². The topological polar surface area (TPSA) is 46.5 Å². The molecular weight excluding hydrogens is 279 g/mol. The summed E-state index contributed by atoms with van der Waals surface area (Å²) in [7, 11) is -1.44. The van der Waals surface area contributed by atoms with Gasteiger partial charge < -0.3 is 0 Å². The number of rotatable bonds is 1. The van der Waals surface area contributed by atoms with Gasteiger partial charge >= 0.3 is 6.18 Å². The van der Waals surface area contributed by atoms with Gasteiger partial charge in [0.05, 0.1) is 11.3 Å². The van der Waals surface area contributed by atoms with E-state index in [4.69, 9.17) is 0 Å². The van der Waals surface area contributed by atoms with Gasteiger partial charge in [-0.25, -0.2) is 0 Å². The van der Waals surface area contributed by atoms with Crippen molar-refractivity contribution in [3.8, 4) is 0 Å². The fourth-order valence-electron chi connectivity index (χ4n) is 1.98. The third kappa shape index (κ3) is 2.47. The zero-order chi connectivity index (χ0) is 14.4. The van der Waals surface area contributed by atoms with Crippen LogP contribution in [0.4, 0.5) is 18.9 Å². The maximum atomic E-state index is 12.6. The first kappa shape index (κ1) is 13.9. The molecule has 3 nitrogen and oxygen atoms in total. The van der Waals surface area contributed by atoms with E-state index in [1.54, 1.807) is 0 Å². The Morgan fingerprint density at radius 2 is 1.95 bits per heavy atom. The molecule has 2 atom stereocenters. The van der Waals surface area contributed by atoms with Crippen molar-refractivity contribution >= 4 is 28.0 Å². The summed E-state index contributed by atoms with van der Waals surface area (Å²) in [5.74, 6) is -0.447. The quantitative estimate of drug-likeness (QED) is 0.798.